The average Bonchev–Trinajstić information content (AvgIpc) is 2.68. The maximum absolute atomic E-state index is 12.8. The normalized spacial score (nSPS) is 11.2. The molecule has 9 nitrogen and oxygen atoms in total. The van der Waals surface area contributed by atoms with Crippen LogP contribution in [0.4, 0.5) is 18.9 Å². The molecule has 0 aliphatic heterocycles. The Labute approximate surface area is 175 Å². The summed E-state index contributed by atoms with van der Waals surface area (Å²) >= 11 is 5.87. The summed E-state index contributed by atoms with van der Waals surface area (Å²) in [5.41, 5.74) is -4.25. The topological polar surface area (TPSA) is 125 Å². The van der Waals surface area contributed by atoms with Crippen molar-refractivity contribution in [1.29, 1.82) is 0 Å². The number of carboxylic acid groups (broad SMARTS) is 1. The van der Waals surface area contributed by atoms with E-state index in [4.69, 9.17) is 16.3 Å². The Morgan fingerprint density at radius 1 is 1.19 bits per heavy atom. The third-order valence-corrected chi connectivity index (χ3v) is 4.23. The molecule has 1 heterocycles. The van der Waals surface area contributed by atoms with E-state index in [0.717, 1.165) is 30.5 Å². The number of carbonyl (C=O) groups is 1. The largest absolute Gasteiger partial charge is 0.477 e. The van der Waals surface area contributed by atoms with Crippen LogP contribution in [0.25, 0.3) is 5.69 Å². The first-order valence-electron chi connectivity index (χ1n) is 8.14. The predicted octanol–water partition coefficient (Wildman–Crippen LogP) is 4.30. The Bertz CT molecular complexity index is 1260. The van der Waals surface area contributed by atoms with Crippen LogP contribution in [0, 0.1) is 10.1 Å². The number of nitro benzene ring substituents is 1. The molecule has 2 aromatic carbocycles. The number of nitro groups is 1. The summed E-state index contributed by atoms with van der Waals surface area (Å²) in [6, 6.07) is 6.22. The molecule has 0 amide bonds. The molecule has 1 aromatic heterocycles. The highest BCUT2D eigenvalue weighted by Crippen LogP contribution is 2.39. The summed E-state index contributed by atoms with van der Waals surface area (Å²) in [6.07, 6.45) is -3.54. The van der Waals surface area contributed by atoms with Gasteiger partial charge in [0.25, 0.3) is 11.2 Å². The molecule has 160 valence electrons. The van der Waals surface area contributed by atoms with Gasteiger partial charge in [0.1, 0.15) is 11.4 Å². The first-order valence-corrected chi connectivity index (χ1v) is 8.52. The summed E-state index contributed by atoms with van der Waals surface area (Å²) in [7, 11) is 0. The maximum Gasteiger partial charge on any atom is 0.416 e. The van der Waals surface area contributed by atoms with Crippen molar-refractivity contribution in [2.45, 2.75) is 6.18 Å². The zero-order chi connectivity index (χ0) is 22.9. The van der Waals surface area contributed by atoms with Crippen LogP contribution in [0.2, 0.25) is 5.02 Å². The van der Waals surface area contributed by atoms with Crippen LogP contribution in [0.5, 0.6) is 11.5 Å². The number of alkyl halides is 3. The summed E-state index contributed by atoms with van der Waals surface area (Å²) in [6.45, 7) is 0. The Morgan fingerprint density at radius 3 is 2.42 bits per heavy atom. The van der Waals surface area contributed by atoms with E-state index >= 15 is 0 Å². The van der Waals surface area contributed by atoms with E-state index < -0.39 is 55.9 Å². The Morgan fingerprint density at radius 2 is 1.87 bits per heavy atom. The van der Waals surface area contributed by atoms with Gasteiger partial charge in [-0.1, -0.05) is 11.6 Å². The third kappa shape index (κ3) is 4.33. The second-order valence-corrected chi connectivity index (χ2v) is 6.29. The van der Waals surface area contributed by atoms with Gasteiger partial charge in [0.2, 0.25) is 0 Å². The van der Waals surface area contributed by atoms with Crippen molar-refractivity contribution < 1.29 is 32.7 Å². The third-order valence-electron chi connectivity index (χ3n) is 3.94. The lowest BCUT2D eigenvalue weighted by atomic mass is 10.1. The Kier molecular flexibility index (Phi) is 5.66. The Balaban J connectivity index is 2.25. The smallest absolute Gasteiger partial charge is 0.416 e. The first kappa shape index (κ1) is 21.8. The lowest BCUT2D eigenvalue weighted by Gasteiger charge is -2.16. The van der Waals surface area contributed by atoms with Gasteiger partial charge in [-0.2, -0.15) is 23.0 Å². The minimum atomic E-state index is -4.67. The van der Waals surface area contributed by atoms with E-state index in [-0.39, 0.29) is 5.75 Å². The van der Waals surface area contributed by atoms with Crippen molar-refractivity contribution >= 4 is 23.3 Å². The molecule has 0 bridgehead atoms. The number of ether oxygens (including phenoxy) is 1. The number of aromatic nitrogens is 2. The quantitative estimate of drug-likeness (QED) is 0.449. The second kappa shape index (κ2) is 8.07. The number of aromatic carboxylic acids is 1. The highest BCUT2D eigenvalue weighted by Gasteiger charge is 2.32. The van der Waals surface area contributed by atoms with E-state index in [1.807, 2.05) is 0 Å². The summed E-state index contributed by atoms with van der Waals surface area (Å²) in [4.78, 5) is 34.4. The molecule has 0 aliphatic carbocycles. The van der Waals surface area contributed by atoms with Crippen molar-refractivity contribution in [3.8, 4) is 17.2 Å². The second-order valence-electron chi connectivity index (χ2n) is 5.89. The van der Waals surface area contributed by atoms with Gasteiger partial charge in [-0.25, -0.2) is 4.79 Å². The molecule has 0 unspecified atom stereocenters. The maximum atomic E-state index is 12.8. The molecule has 3 rings (SSSR count). The van der Waals surface area contributed by atoms with Crippen LogP contribution in [0.1, 0.15) is 15.9 Å². The number of nitrogens with zero attached hydrogens (tertiary/aromatic N) is 3. The molecular weight excluding hydrogens is 447 g/mol. The molecule has 0 saturated carbocycles. The fourth-order valence-electron chi connectivity index (χ4n) is 2.62. The molecule has 31 heavy (non-hydrogen) atoms. The van der Waals surface area contributed by atoms with Gasteiger partial charge < -0.3 is 9.84 Å². The zero-order valence-corrected chi connectivity index (χ0v) is 15.7. The van der Waals surface area contributed by atoms with Crippen LogP contribution in [0.15, 0.2) is 53.5 Å². The number of halogens is 4. The summed E-state index contributed by atoms with van der Waals surface area (Å²) in [5.74, 6) is -2.49. The number of hydrogen-bond donors (Lipinski definition) is 1. The lowest BCUT2D eigenvalue weighted by Crippen LogP contribution is -2.23. The molecule has 0 radical (unpaired) electrons. The van der Waals surface area contributed by atoms with E-state index in [1.165, 1.54) is 6.07 Å². The van der Waals surface area contributed by atoms with E-state index in [1.54, 1.807) is 0 Å². The number of benzene rings is 2. The number of hydrogen-bond acceptors (Lipinski definition) is 6. The van der Waals surface area contributed by atoms with Crippen molar-refractivity contribution in [3.63, 3.8) is 0 Å². The first-order chi connectivity index (χ1) is 14.5. The van der Waals surface area contributed by atoms with Gasteiger partial charge in [0.05, 0.1) is 15.5 Å². The summed E-state index contributed by atoms with van der Waals surface area (Å²) < 4.78 is 44.5. The number of rotatable bonds is 5. The van der Waals surface area contributed by atoms with Crippen molar-refractivity contribution in [3.05, 3.63) is 85.3 Å². The fraction of sp³-hybridized carbons (Fsp3) is 0.0556. The van der Waals surface area contributed by atoms with Crippen molar-refractivity contribution in [2.24, 2.45) is 0 Å². The fourth-order valence-corrected chi connectivity index (χ4v) is 2.84. The molecule has 0 aliphatic rings. The van der Waals surface area contributed by atoms with Crippen LogP contribution < -0.4 is 10.3 Å². The zero-order valence-electron chi connectivity index (χ0n) is 15.0. The van der Waals surface area contributed by atoms with Crippen molar-refractivity contribution in [2.75, 3.05) is 0 Å². The molecule has 3 aromatic rings. The molecule has 0 atom stereocenters. The molecule has 0 spiro atoms. The molecule has 0 fully saturated rings. The lowest BCUT2D eigenvalue weighted by molar-refractivity contribution is -0.385. The average molecular weight is 456 g/mol. The molecule has 0 saturated heterocycles. The van der Waals surface area contributed by atoms with Gasteiger partial charge >= 0.3 is 12.1 Å². The van der Waals surface area contributed by atoms with Crippen molar-refractivity contribution in [1.82, 2.24) is 9.78 Å². The molecule has 1 N–H and O–H groups in total. The van der Waals surface area contributed by atoms with Gasteiger partial charge in [-0.05, 0) is 30.3 Å². The Hall–Kier alpha value is -3.93. The van der Waals surface area contributed by atoms with E-state index in [0.29, 0.717) is 16.8 Å². The van der Waals surface area contributed by atoms with Crippen LogP contribution in [0.3, 0.4) is 0 Å². The van der Waals surface area contributed by atoms with Crippen LogP contribution >= 0.6 is 11.6 Å². The molecular formula is C18H9ClF3N3O6. The summed E-state index contributed by atoms with van der Waals surface area (Å²) in [5, 5.41) is 24.1. The van der Waals surface area contributed by atoms with E-state index in [2.05, 4.69) is 5.10 Å². The van der Waals surface area contributed by atoms with Crippen LogP contribution in [-0.2, 0) is 6.18 Å². The number of carboxylic acids is 1. The van der Waals surface area contributed by atoms with Gasteiger partial charge in [-0.3, -0.25) is 14.9 Å². The highest BCUT2D eigenvalue weighted by atomic mass is 35.5. The van der Waals surface area contributed by atoms with Crippen LogP contribution in [-0.4, -0.2) is 25.8 Å². The highest BCUT2D eigenvalue weighted by molar-refractivity contribution is 6.32. The minimum Gasteiger partial charge on any atom is -0.477 e. The van der Waals surface area contributed by atoms with Gasteiger partial charge in [-0.15, -0.1) is 0 Å². The monoisotopic (exact) mass is 455 g/mol. The standard InChI is InChI=1S/C18H9ClF3N3O6/c19-10-8-9(18(20,21)22)3-5-12(10)31-13-6-4-11(25(29)30)15(17(27)28)16(13)24-14(26)2-1-7-23-24/h1-8H,(H,27,28). The van der Waals surface area contributed by atoms with Gasteiger partial charge in [0, 0.05) is 18.3 Å². The SMILES string of the molecule is O=C(O)c1c([N+](=O)[O-])ccc(Oc2ccc(C(F)(F)F)cc2Cl)c1-n1ncccc1=O. The predicted molar refractivity (Wildman–Crippen MR) is 100.0 cm³/mol. The van der Waals surface area contributed by atoms with E-state index in [9.17, 15) is 38.0 Å². The van der Waals surface area contributed by atoms with Gasteiger partial charge in [0.15, 0.2) is 11.3 Å². The molecule has 13 heteroatoms. The minimum absolute atomic E-state index is 0.315.